The van der Waals surface area contributed by atoms with Gasteiger partial charge < -0.3 is 18.6 Å². The summed E-state index contributed by atoms with van der Waals surface area (Å²) in [7, 11) is 0. The summed E-state index contributed by atoms with van der Waals surface area (Å²) < 4.78 is 98.0. The number of alkyl halides is 6. The van der Waals surface area contributed by atoms with Crippen molar-refractivity contribution in [1.29, 1.82) is 0 Å². The van der Waals surface area contributed by atoms with E-state index in [0.29, 0.717) is 55.0 Å². The zero-order valence-electron chi connectivity index (χ0n) is 22.3. The van der Waals surface area contributed by atoms with Crippen LogP contribution in [0.5, 0.6) is 0 Å². The Morgan fingerprint density at radius 1 is 0.762 bits per heavy atom. The maximum atomic E-state index is 12.7. The molecule has 4 rings (SSSR count). The van der Waals surface area contributed by atoms with Crippen LogP contribution in [0.4, 0.5) is 26.3 Å². The summed E-state index contributed by atoms with van der Waals surface area (Å²) >= 11 is 0. The molecule has 1 unspecified atom stereocenters. The van der Waals surface area contributed by atoms with Gasteiger partial charge >= 0.3 is 12.4 Å². The van der Waals surface area contributed by atoms with Gasteiger partial charge in [-0.05, 0) is 60.4 Å². The van der Waals surface area contributed by atoms with E-state index in [1.807, 2.05) is 0 Å². The van der Waals surface area contributed by atoms with E-state index in [2.05, 4.69) is 9.98 Å². The number of unbranched alkanes of at least 4 members (excludes halogenated alkanes) is 1. The summed E-state index contributed by atoms with van der Waals surface area (Å²) in [6.45, 7) is 2.04. The number of nitrogens with zero attached hydrogens (tertiary/aromatic N) is 2. The first-order valence-corrected chi connectivity index (χ1v) is 13.1. The standard InChI is InChI=1S/C30H28F6N2O4/c31-29(32,33)23-9-3-21(4-10-23)7-13-27-37-25(19-41-27)17-39-15-1-2-16-40-18-26-20-42-28(38-26)14-8-22-5-11-24(12-6-22)30(34,35)36/h3-14,19,26H,1-2,15-18,20H2/b13-7+,14-8+. The van der Waals surface area contributed by atoms with Gasteiger partial charge in [-0.15, -0.1) is 0 Å². The summed E-state index contributed by atoms with van der Waals surface area (Å²) in [5.74, 6) is 0.724. The van der Waals surface area contributed by atoms with Crippen LogP contribution in [0, 0.1) is 0 Å². The molecule has 0 saturated heterocycles. The minimum atomic E-state index is -4.37. The van der Waals surface area contributed by atoms with Crippen molar-refractivity contribution < 1.29 is 45.0 Å². The van der Waals surface area contributed by atoms with Crippen LogP contribution < -0.4 is 0 Å². The number of hydrogen-bond acceptors (Lipinski definition) is 6. The molecule has 6 nitrogen and oxygen atoms in total. The molecule has 1 aromatic heterocycles. The summed E-state index contributed by atoms with van der Waals surface area (Å²) in [6.07, 6.45) is 0.711. The van der Waals surface area contributed by atoms with E-state index in [-0.39, 0.29) is 12.6 Å². The fourth-order valence-electron chi connectivity index (χ4n) is 3.78. The summed E-state index contributed by atoms with van der Waals surface area (Å²) in [5, 5.41) is 0. The Hall–Kier alpha value is -3.90. The molecular weight excluding hydrogens is 566 g/mol. The highest BCUT2D eigenvalue weighted by molar-refractivity contribution is 5.92. The molecule has 3 aromatic rings. The van der Waals surface area contributed by atoms with E-state index in [1.54, 1.807) is 24.3 Å². The second-order valence-corrected chi connectivity index (χ2v) is 9.35. The lowest BCUT2D eigenvalue weighted by Crippen LogP contribution is -2.15. The zero-order chi connectivity index (χ0) is 30.0. The van der Waals surface area contributed by atoms with Gasteiger partial charge in [0.05, 0.1) is 24.3 Å². The molecule has 42 heavy (non-hydrogen) atoms. The lowest BCUT2D eigenvalue weighted by atomic mass is 10.1. The van der Waals surface area contributed by atoms with Gasteiger partial charge in [-0.2, -0.15) is 26.3 Å². The SMILES string of the molecule is FC(F)(F)c1ccc(/C=C/C2=NC(COCCCCOCc3coc(/C=C/c4ccc(C(F)(F)F)cc4)n3)CO2)cc1. The van der Waals surface area contributed by atoms with E-state index in [9.17, 15) is 26.3 Å². The highest BCUT2D eigenvalue weighted by atomic mass is 19.4. The zero-order valence-corrected chi connectivity index (χ0v) is 22.3. The Morgan fingerprint density at radius 3 is 1.93 bits per heavy atom. The Labute approximate surface area is 238 Å². The quantitative estimate of drug-likeness (QED) is 0.150. The molecule has 0 saturated carbocycles. The maximum Gasteiger partial charge on any atom is 0.416 e. The molecule has 0 amide bonds. The van der Waals surface area contributed by atoms with Gasteiger partial charge in [0, 0.05) is 25.4 Å². The van der Waals surface area contributed by atoms with Crippen molar-refractivity contribution in [2.45, 2.75) is 37.8 Å². The molecule has 2 heterocycles. The minimum absolute atomic E-state index is 0.150. The number of hydrogen-bond donors (Lipinski definition) is 0. The Morgan fingerprint density at radius 2 is 1.33 bits per heavy atom. The second-order valence-electron chi connectivity index (χ2n) is 9.35. The fraction of sp³-hybridized carbons (Fsp3) is 0.333. The highest BCUT2D eigenvalue weighted by Gasteiger charge is 2.30. The molecule has 0 N–H and O–H groups in total. The van der Waals surface area contributed by atoms with Gasteiger partial charge in [0.2, 0.25) is 11.8 Å². The van der Waals surface area contributed by atoms with Crippen LogP contribution >= 0.6 is 0 Å². The lowest BCUT2D eigenvalue weighted by molar-refractivity contribution is -0.138. The smallest absolute Gasteiger partial charge is 0.416 e. The number of ether oxygens (including phenoxy) is 3. The molecule has 1 aliphatic rings. The molecule has 0 aliphatic carbocycles. The minimum Gasteiger partial charge on any atom is -0.476 e. The topological polar surface area (TPSA) is 66.1 Å². The predicted molar refractivity (Wildman–Crippen MR) is 144 cm³/mol. The monoisotopic (exact) mass is 594 g/mol. The molecule has 12 heteroatoms. The highest BCUT2D eigenvalue weighted by Crippen LogP contribution is 2.30. The Kier molecular flexibility index (Phi) is 10.6. The number of benzene rings is 2. The number of aliphatic imine (C=N–C) groups is 1. The number of aromatic nitrogens is 1. The van der Waals surface area contributed by atoms with Crippen LogP contribution in [-0.2, 0) is 33.2 Å². The second kappa shape index (κ2) is 14.3. The van der Waals surface area contributed by atoms with E-state index < -0.39 is 23.5 Å². The van der Waals surface area contributed by atoms with Gasteiger partial charge in [-0.25, -0.2) is 9.98 Å². The van der Waals surface area contributed by atoms with Crippen LogP contribution in [0.3, 0.4) is 0 Å². The van der Waals surface area contributed by atoms with Gasteiger partial charge in [0.15, 0.2) is 0 Å². The summed E-state index contributed by atoms with van der Waals surface area (Å²) in [4.78, 5) is 8.67. The van der Waals surface area contributed by atoms with Crippen molar-refractivity contribution in [1.82, 2.24) is 4.98 Å². The molecule has 0 spiro atoms. The third-order valence-electron chi connectivity index (χ3n) is 6.00. The molecule has 0 fully saturated rings. The van der Waals surface area contributed by atoms with Gasteiger partial charge in [0.25, 0.3) is 0 Å². The Balaban J connectivity index is 1.06. The van der Waals surface area contributed by atoms with Crippen molar-refractivity contribution in [3.8, 4) is 0 Å². The molecule has 2 aromatic carbocycles. The van der Waals surface area contributed by atoms with Crippen molar-refractivity contribution >= 4 is 24.1 Å². The third-order valence-corrected chi connectivity index (χ3v) is 6.00. The first-order valence-electron chi connectivity index (χ1n) is 13.1. The first-order chi connectivity index (χ1) is 20.1. The third kappa shape index (κ3) is 9.88. The van der Waals surface area contributed by atoms with Crippen molar-refractivity contribution in [3.05, 3.63) is 94.7 Å². The van der Waals surface area contributed by atoms with Crippen LogP contribution in [0.1, 0.15) is 46.7 Å². The number of oxazole rings is 1. The normalized spacial score (nSPS) is 16.0. The van der Waals surface area contributed by atoms with Gasteiger partial charge in [-0.3, -0.25) is 0 Å². The van der Waals surface area contributed by atoms with Crippen LogP contribution in [0.2, 0.25) is 0 Å². The van der Waals surface area contributed by atoms with E-state index in [0.717, 1.165) is 37.1 Å². The van der Waals surface area contributed by atoms with E-state index in [4.69, 9.17) is 18.6 Å². The largest absolute Gasteiger partial charge is 0.476 e. The number of rotatable bonds is 13. The molecule has 1 aliphatic heterocycles. The van der Waals surface area contributed by atoms with Crippen LogP contribution in [0.15, 0.2) is 70.3 Å². The fourth-order valence-corrected chi connectivity index (χ4v) is 3.78. The summed E-state index contributed by atoms with van der Waals surface area (Å²) in [5.41, 5.74) is 0.381. The van der Waals surface area contributed by atoms with E-state index >= 15 is 0 Å². The van der Waals surface area contributed by atoms with Gasteiger partial charge in [0.1, 0.15) is 24.6 Å². The summed E-state index contributed by atoms with van der Waals surface area (Å²) in [6, 6.07) is 9.45. The molecule has 0 radical (unpaired) electrons. The van der Waals surface area contributed by atoms with Crippen LogP contribution in [-0.4, -0.2) is 43.4 Å². The molecule has 224 valence electrons. The van der Waals surface area contributed by atoms with Crippen LogP contribution in [0.25, 0.3) is 18.2 Å². The predicted octanol–water partition coefficient (Wildman–Crippen LogP) is 7.71. The average Bonchev–Trinajstić information content (AvgIpc) is 3.61. The number of halogens is 6. The molecule has 1 atom stereocenters. The van der Waals surface area contributed by atoms with Crippen molar-refractivity contribution in [2.75, 3.05) is 26.4 Å². The first kappa shape index (κ1) is 31.0. The lowest BCUT2D eigenvalue weighted by Gasteiger charge is -2.07. The molecule has 0 bridgehead atoms. The van der Waals surface area contributed by atoms with Crippen molar-refractivity contribution in [2.24, 2.45) is 4.99 Å². The maximum absolute atomic E-state index is 12.7. The van der Waals surface area contributed by atoms with Gasteiger partial charge in [-0.1, -0.05) is 24.3 Å². The van der Waals surface area contributed by atoms with E-state index in [1.165, 1.54) is 30.5 Å². The molecular formula is C30H28F6N2O4. The Bertz CT molecular complexity index is 1360. The van der Waals surface area contributed by atoms with Crippen molar-refractivity contribution in [3.63, 3.8) is 0 Å². The average molecular weight is 595 g/mol.